The number of benzene rings is 2. The van der Waals surface area contributed by atoms with Crippen LogP contribution in [0, 0.1) is 0 Å². The van der Waals surface area contributed by atoms with Crippen LogP contribution in [0.5, 0.6) is 11.5 Å². The van der Waals surface area contributed by atoms with Crippen LogP contribution in [0.15, 0.2) is 30.3 Å². The molecular formula is C22H30O2. The molecule has 0 bridgehead atoms. The zero-order valence-electron chi connectivity index (χ0n) is 15.8. The van der Waals surface area contributed by atoms with Crippen molar-refractivity contribution in [3.8, 4) is 11.5 Å². The third-order valence-corrected chi connectivity index (χ3v) is 4.88. The monoisotopic (exact) mass is 326 g/mol. The van der Waals surface area contributed by atoms with Crippen LogP contribution in [0.2, 0.25) is 0 Å². The van der Waals surface area contributed by atoms with Crippen molar-refractivity contribution in [1.82, 2.24) is 0 Å². The molecule has 0 saturated carbocycles. The molecule has 2 heteroatoms. The van der Waals surface area contributed by atoms with Gasteiger partial charge in [-0.15, -0.1) is 0 Å². The van der Waals surface area contributed by atoms with Crippen molar-refractivity contribution in [3.63, 3.8) is 0 Å². The van der Waals surface area contributed by atoms with E-state index in [-0.39, 0.29) is 11.3 Å². The molecule has 0 radical (unpaired) electrons. The molecule has 0 aliphatic heterocycles. The Morgan fingerprint density at radius 2 is 1.46 bits per heavy atom. The van der Waals surface area contributed by atoms with Gasteiger partial charge in [-0.3, -0.25) is 0 Å². The number of rotatable bonds is 4. The predicted molar refractivity (Wildman–Crippen MR) is 101 cm³/mol. The third kappa shape index (κ3) is 3.58. The zero-order chi connectivity index (χ0) is 18.1. The van der Waals surface area contributed by atoms with E-state index in [2.05, 4.69) is 59.7 Å². The quantitative estimate of drug-likeness (QED) is 0.759. The number of hydrogen-bond acceptors (Lipinski definition) is 2. The van der Waals surface area contributed by atoms with E-state index >= 15 is 0 Å². The maximum absolute atomic E-state index is 10.6. The largest absolute Gasteiger partial charge is 0.508 e. The molecule has 0 aliphatic carbocycles. The number of aromatic hydroxyl groups is 2. The van der Waals surface area contributed by atoms with Crippen molar-refractivity contribution in [2.75, 3.05) is 0 Å². The van der Waals surface area contributed by atoms with Crippen LogP contribution in [0.1, 0.15) is 75.3 Å². The fourth-order valence-corrected chi connectivity index (χ4v) is 3.16. The summed E-state index contributed by atoms with van der Waals surface area (Å²) in [6, 6.07) is 10.1. The molecule has 0 heterocycles. The normalized spacial score (nSPS) is 13.1. The minimum absolute atomic E-state index is 0.104. The summed E-state index contributed by atoms with van der Waals surface area (Å²) < 4.78 is 0. The highest BCUT2D eigenvalue weighted by molar-refractivity contribution is 5.50. The highest BCUT2D eigenvalue weighted by Crippen LogP contribution is 2.38. The SMILES string of the molecule is CCc1cc(C(C)c2cc(CC)c(O)c(C(C)(C)C)c2)ccc1O. The summed E-state index contributed by atoms with van der Waals surface area (Å²) in [7, 11) is 0. The molecule has 2 N–H and O–H groups in total. The summed E-state index contributed by atoms with van der Waals surface area (Å²) in [4.78, 5) is 0. The van der Waals surface area contributed by atoms with Gasteiger partial charge in [0.25, 0.3) is 0 Å². The van der Waals surface area contributed by atoms with E-state index < -0.39 is 0 Å². The molecule has 1 atom stereocenters. The number of phenols is 2. The van der Waals surface area contributed by atoms with E-state index in [4.69, 9.17) is 0 Å². The molecular weight excluding hydrogens is 296 g/mol. The first-order chi connectivity index (χ1) is 11.2. The molecule has 2 nitrogen and oxygen atoms in total. The van der Waals surface area contributed by atoms with Crippen LogP contribution in [0.25, 0.3) is 0 Å². The van der Waals surface area contributed by atoms with Crippen molar-refractivity contribution in [2.45, 2.75) is 65.7 Å². The van der Waals surface area contributed by atoms with Crippen molar-refractivity contribution >= 4 is 0 Å². The molecule has 0 saturated heterocycles. The summed E-state index contributed by atoms with van der Waals surface area (Å²) in [5.74, 6) is 1.01. The molecule has 0 amide bonds. The van der Waals surface area contributed by atoms with Gasteiger partial charge in [-0.05, 0) is 52.1 Å². The van der Waals surface area contributed by atoms with Crippen LogP contribution in [-0.2, 0) is 18.3 Å². The van der Waals surface area contributed by atoms with Crippen molar-refractivity contribution in [2.24, 2.45) is 0 Å². The Balaban J connectivity index is 2.55. The molecule has 24 heavy (non-hydrogen) atoms. The van der Waals surface area contributed by atoms with Crippen LogP contribution >= 0.6 is 0 Å². The highest BCUT2D eigenvalue weighted by atomic mass is 16.3. The van der Waals surface area contributed by atoms with Crippen LogP contribution in [0.3, 0.4) is 0 Å². The molecule has 0 aromatic heterocycles. The van der Waals surface area contributed by atoms with Crippen molar-refractivity contribution in [1.29, 1.82) is 0 Å². The Kier molecular flexibility index (Phi) is 5.27. The Hall–Kier alpha value is -1.96. The first-order valence-electron chi connectivity index (χ1n) is 8.87. The summed E-state index contributed by atoms with van der Waals surface area (Å²) in [5, 5.41) is 20.5. The lowest BCUT2D eigenvalue weighted by molar-refractivity contribution is 0.440. The van der Waals surface area contributed by atoms with E-state index in [9.17, 15) is 10.2 Å². The minimum atomic E-state index is -0.104. The molecule has 2 rings (SSSR count). The smallest absolute Gasteiger partial charge is 0.122 e. The van der Waals surface area contributed by atoms with E-state index in [0.717, 1.165) is 29.5 Å². The van der Waals surface area contributed by atoms with E-state index in [1.165, 1.54) is 11.1 Å². The highest BCUT2D eigenvalue weighted by Gasteiger charge is 2.22. The molecule has 130 valence electrons. The van der Waals surface area contributed by atoms with E-state index in [1.54, 1.807) is 6.07 Å². The summed E-state index contributed by atoms with van der Waals surface area (Å²) in [6.07, 6.45) is 1.63. The lowest BCUT2D eigenvalue weighted by Gasteiger charge is -2.25. The van der Waals surface area contributed by atoms with Crippen molar-refractivity contribution < 1.29 is 10.2 Å². The van der Waals surface area contributed by atoms with E-state index in [0.29, 0.717) is 11.5 Å². The predicted octanol–water partition coefficient (Wildman–Crippen LogP) is 5.67. The summed E-state index contributed by atoms with van der Waals surface area (Å²) in [5.41, 5.74) is 5.27. The molecule has 2 aromatic carbocycles. The maximum Gasteiger partial charge on any atom is 0.122 e. The first kappa shape index (κ1) is 18.4. The van der Waals surface area contributed by atoms with Gasteiger partial charge in [-0.25, -0.2) is 0 Å². The van der Waals surface area contributed by atoms with Gasteiger partial charge in [0.2, 0.25) is 0 Å². The standard InChI is InChI=1S/C22H30O2/c1-7-15-11-17(9-10-20(15)23)14(3)18-12-16(8-2)21(24)19(13-18)22(4,5)6/h9-14,23-24H,7-8H2,1-6H3. The van der Waals surface area contributed by atoms with Gasteiger partial charge in [0.1, 0.15) is 11.5 Å². The van der Waals surface area contributed by atoms with Gasteiger partial charge in [-0.1, -0.05) is 65.8 Å². The van der Waals surface area contributed by atoms with Gasteiger partial charge >= 0.3 is 0 Å². The van der Waals surface area contributed by atoms with Gasteiger partial charge in [0.05, 0.1) is 0 Å². The van der Waals surface area contributed by atoms with E-state index in [1.807, 2.05) is 6.07 Å². The third-order valence-electron chi connectivity index (χ3n) is 4.88. The molecule has 2 aromatic rings. The Morgan fingerprint density at radius 1 is 0.875 bits per heavy atom. The van der Waals surface area contributed by atoms with Crippen LogP contribution < -0.4 is 0 Å². The van der Waals surface area contributed by atoms with Gasteiger partial charge in [0.15, 0.2) is 0 Å². The van der Waals surface area contributed by atoms with Gasteiger partial charge in [0, 0.05) is 5.92 Å². The second-order valence-electron chi connectivity index (χ2n) is 7.64. The molecule has 1 unspecified atom stereocenters. The second-order valence-corrected chi connectivity index (χ2v) is 7.64. The zero-order valence-corrected chi connectivity index (χ0v) is 15.8. The molecule has 0 fully saturated rings. The summed E-state index contributed by atoms with van der Waals surface area (Å²) in [6.45, 7) is 12.7. The fraction of sp³-hybridized carbons (Fsp3) is 0.455. The fourth-order valence-electron chi connectivity index (χ4n) is 3.16. The maximum atomic E-state index is 10.6. The Labute approximate surface area is 146 Å². The Bertz CT molecular complexity index is 723. The molecule has 0 aliphatic rings. The lowest BCUT2D eigenvalue weighted by Crippen LogP contribution is -2.13. The van der Waals surface area contributed by atoms with Crippen molar-refractivity contribution in [3.05, 3.63) is 58.1 Å². The minimum Gasteiger partial charge on any atom is -0.508 e. The number of aryl methyl sites for hydroxylation is 2. The molecule has 0 spiro atoms. The summed E-state index contributed by atoms with van der Waals surface area (Å²) >= 11 is 0. The first-order valence-corrected chi connectivity index (χ1v) is 8.87. The van der Waals surface area contributed by atoms with Crippen LogP contribution in [-0.4, -0.2) is 10.2 Å². The lowest BCUT2D eigenvalue weighted by atomic mass is 9.81. The Morgan fingerprint density at radius 3 is 2.00 bits per heavy atom. The van der Waals surface area contributed by atoms with Gasteiger partial charge in [-0.2, -0.15) is 0 Å². The topological polar surface area (TPSA) is 40.5 Å². The average Bonchev–Trinajstić information content (AvgIpc) is 2.53. The average molecular weight is 326 g/mol. The number of hydrogen-bond donors (Lipinski definition) is 2. The van der Waals surface area contributed by atoms with Gasteiger partial charge < -0.3 is 10.2 Å². The van der Waals surface area contributed by atoms with Crippen LogP contribution in [0.4, 0.5) is 0 Å². The second kappa shape index (κ2) is 6.88. The number of phenolic OH excluding ortho intramolecular Hbond substituents is 2.